The highest BCUT2D eigenvalue weighted by Gasteiger charge is 2.31. The molecule has 9 heteroatoms. The van der Waals surface area contributed by atoms with E-state index in [1.807, 2.05) is 6.07 Å². The van der Waals surface area contributed by atoms with Crippen molar-refractivity contribution < 1.29 is 13.2 Å². The minimum Gasteiger partial charge on any atom is -0.497 e. The number of hydrogen-bond acceptors (Lipinski definition) is 6. The molecule has 3 aromatic rings. The van der Waals surface area contributed by atoms with Gasteiger partial charge in [-0.15, -0.1) is 5.10 Å². The van der Waals surface area contributed by atoms with Crippen molar-refractivity contribution in [1.29, 1.82) is 0 Å². The van der Waals surface area contributed by atoms with Crippen LogP contribution >= 0.6 is 0 Å². The number of sulfonamides is 1. The molecular weight excluding hydrogens is 380 g/mol. The topological polar surface area (TPSA) is 94.4 Å². The van der Waals surface area contributed by atoms with E-state index < -0.39 is 10.0 Å². The third-order valence-corrected chi connectivity index (χ3v) is 6.97. The van der Waals surface area contributed by atoms with Crippen LogP contribution in [0.2, 0.25) is 0 Å². The van der Waals surface area contributed by atoms with Crippen molar-refractivity contribution >= 4 is 20.9 Å². The molecule has 1 aliphatic rings. The third-order valence-electron chi connectivity index (χ3n) is 5.06. The molecule has 1 fully saturated rings. The van der Waals surface area contributed by atoms with Crippen molar-refractivity contribution in [2.45, 2.75) is 23.8 Å². The minimum absolute atomic E-state index is 0.174. The Kier molecular flexibility index (Phi) is 4.86. The van der Waals surface area contributed by atoms with Gasteiger partial charge in [0.2, 0.25) is 10.0 Å². The smallest absolute Gasteiger partial charge is 0.277 e. The van der Waals surface area contributed by atoms with Crippen molar-refractivity contribution in [1.82, 2.24) is 19.3 Å². The largest absolute Gasteiger partial charge is 0.497 e. The summed E-state index contributed by atoms with van der Waals surface area (Å²) in [5.41, 5.74) is 0.366. The highest BCUT2D eigenvalue weighted by atomic mass is 32.2. The lowest BCUT2D eigenvalue weighted by Gasteiger charge is -2.31. The van der Waals surface area contributed by atoms with Crippen LogP contribution in [0.4, 0.5) is 0 Å². The van der Waals surface area contributed by atoms with Gasteiger partial charge >= 0.3 is 0 Å². The quantitative estimate of drug-likeness (QED) is 0.663. The van der Waals surface area contributed by atoms with Gasteiger partial charge < -0.3 is 4.74 Å². The Labute approximate surface area is 162 Å². The predicted octanol–water partition coefficient (Wildman–Crippen LogP) is 1.83. The Balaban J connectivity index is 1.53. The molecule has 2 aromatic carbocycles. The monoisotopic (exact) mass is 400 g/mol. The molecule has 1 aliphatic heterocycles. The van der Waals surface area contributed by atoms with Gasteiger partial charge in [0.05, 0.1) is 23.4 Å². The SMILES string of the molecule is COc1ccc(S(=O)(=O)N2CCC(n3nnc4ccccc4c3=O)CC2)cc1. The van der Waals surface area contributed by atoms with Gasteiger partial charge in [0.25, 0.3) is 5.56 Å². The zero-order chi connectivity index (χ0) is 19.7. The molecule has 1 aromatic heterocycles. The second-order valence-corrected chi connectivity index (χ2v) is 8.61. The van der Waals surface area contributed by atoms with Crippen LogP contribution in [0, 0.1) is 0 Å². The highest BCUT2D eigenvalue weighted by Crippen LogP contribution is 2.26. The van der Waals surface area contributed by atoms with Gasteiger partial charge in [0.15, 0.2) is 0 Å². The maximum Gasteiger partial charge on any atom is 0.277 e. The minimum atomic E-state index is -3.58. The predicted molar refractivity (Wildman–Crippen MR) is 104 cm³/mol. The van der Waals surface area contributed by atoms with E-state index >= 15 is 0 Å². The van der Waals surface area contributed by atoms with E-state index in [9.17, 15) is 13.2 Å². The Morgan fingerprint density at radius 3 is 2.39 bits per heavy atom. The van der Waals surface area contributed by atoms with E-state index in [0.29, 0.717) is 42.6 Å². The third kappa shape index (κ3) is 3.27. The fourth-order valence-corrected chi connectivity index (χ4v) is 4.93. The molecule has 8 nitrogen and oxygen atoms in total. The maximum atomic E-state index is 12.9. The van der Waals surface area contributed by atoms with Crippen molar-refractivity contribution in [2.24, 2.45) is 0 Å². The first kappa shape index (κ1) is 18.6. The maximum absolute atomic E-state index is 12.9. The number of hydrogen-bond donors (Lipinski definition) is 0. The molecule has 0 aliphatic carbocycles. The van der Waals surface area contributed by atoms with Gasteiger partial charge in [0, 0.05) is 13.1 Å². The number of fused-ring (bicyclic) bond motifs is 1. The Bertz CT molecular complexity index is 1150. The summed E-state index contributed by atoms with van der Waals surface area (Å²) in [5.74, 6) is 0.604. The summed E-state index contributed by atoms with van der Waals surface area (Å²) >= 11 is 0. The van der Waals surface area contributed by atoms with Crippen LogP contribution < -0.4 is 10.3 Å². The molecule has 0 unspecified atom stereocenters. The lowest BCUT2D eigenvalue weighted by Crippen LogP contribution is -2.41. The number of methoxy groups -OCH3 is 1. The first-order chi connectivity index (χ1) is 13.5. The summed E-state index contributed by atoms with van der Waals surface area (Å²) in [5, 5.41) is 8.70. The number of ether oxygens (including phenoxy) is 1. The molecular formula is C19H20N4O4S. The normalized spacial score (nSPS) is 16.3. The van der Waals surface area contributed by atoms with Gasteiger partial charge in [-0.3, -0.25) is 4.79 Å². The second kappa shape index (κ2) is 7.33. The van der Waals surface area contributed by atoms with Gasteiger partial charge in [-0.2, -0.15) is 4.31 Å². The lowest BCUT2D eigenvalue weighted by atomic mass is 10.1. The van der Waals surface area contributed by atoms with Crippen LogP contribution in [0.15, 0.2) is 58.2 Å². The fraction of sp³-hybridized carbons (Fsp3) is 0.316. The van der Waals surface area contributed by atoms with Crippen LogP contribution in [0.25, 0.3) is 10.9 Å². The molecule has 0 saturated carbocycles. The van der Waals surface area contributed by atoms with Crippen LogP contribution in [0.3, 0.4) is 0 Å². The van der Waals surface area contributed by atoms with E-state index in [2.05, 4.69) is 10.3 Å². The summed E-state index contributed by atoms with van der Waals surface area (Å²) in [4.78, 5) is 12.9. The second-order valence-electron chi connectivity index (χ2n) is 6.67. The average Bonchev–Trinajstić information content (AvgIpc) is 2.74. The standard InChI is InChI=1S/C19H20N4O4S/c1-27-15-6-8-16(9-7-15)28(25,26)22-12-10-14(11-13-22)23-19(24)17-4-2-3-5-18(17)20-21-23/h2-9,14H,10-13H2,1H3. The zero-order valence-corrected chi connectivity index (χ0v) is 16.2. The van der Waals surface area contributed by atoms with E-state index in [1.54, 1.807) is 42.5 Å². The number of aromatic nitrogens is 3. The zero-order valence-electron chi connectivity index (χ0n) is 15.4. The van der Waals surface area contributed by atoms with Crippen molar-refractivity contribution in [3.63, 3.8) is 0 Å². The number of nitrogens with zero attached hydrogens (tertiary/aromatic N) is 4. The van der Waals surface area contributed by atoms with Gasteiger partial charge in [-0.25, -0.2) is 13.1 Å². The van der Waals surface area contributed by atoms with Crippen LogP contribution in [0.1, 0.15) is 18.9 Å². The molecule has 0 N–H and O–H groups in total. The Hall–Kier alpha value is -2.78. The summed E-state index contributed by atoms with van der Waals surface area (Å²) in [7, 11) is -2.05. The van der Waals surface area contributed by atoms with Gasteiger partial charge in [0.1, 0.15) is 11.3 Å². The Morgan fingerprint density at radius 1 is 1.04 bits per heavy atom. The van der Waals surface area contributed by atoms with Gasteiger partial charge in [-0.05, 0) is 49.2 Å². The van der Waals surface area contributed by atoms with Gasteiger partial charge in [-0.1, -0.05) is 17.3 Å². The molecule has 2 heterocycles. The molecule has 1 saturated heterocycles. The molecule has 0 bridgehead atoms. The number of rotatable bonds is 4. The average molecular weight is 400 g/mol. The van der Waals surface area contributed by atoms with Crippen molar-refractivity contribution in [2.75, 3.05) is 20.2 Å². The molecule has 146 valence electrons. The molecule has 0 amide bonds. The first-order valence-electron chi connectivity index (χ1n) is 8.99. The van der Waals surface area contributed by atoms with Crippen LogP contribution in [-0.2, 0) is 10.0 Å². The van der Waals surface area contributed by atoms with Crippen molar-refractivity contribution in [3.8, 4) is 5.75 Å². The Morgan fingerprint density at radius 2 is 1.71 bits per heavy atom. The fourth-order valence-electron chi connectivity index (χ4n) is 3.46. The van der Waals surface area contributed by atoms with E-state index in [-0.39, 0.29) is 16.5 Å². The van der Waals surface area contributed by atoms with Crippen LogP contribution in [0.5, 0.6) is 5.75 Å². The first-order valence-corrected chi connectivity index (χ1v) is 10.4. The molecule has 4 rings (SSSR count). The van der Waals surface area contributed by atoms with E-state index in [4.69, 9.17) is 4.74 Å². The molecule has 0 radical (unpaired) electrons. The summed E-state index contributed by atoms with van der Waals surface area (Å²) in [6.07, 6.45) is 1.00. The van der Waals surface area contributed by atoms with E-state index in [1.165, 1.54) is 16.1 Å². The molecule has 0 atom stereocenters. The number of benzene rings is 2. The van der Waals surface area contributed by atoms with E-state index in [0.717, 1.165) is 0 Å². The molecule has 28 heavy (non-hydrogen) atoms. The van der Waals surface area contributed by atoms with Crippen molar-refractivity contribution in [3.05, 3.63) is 58.9 Å². The summed E-state index contributed by atoms with van der Waals surface area (Å²) in [6, 6.07) is 13.2. The summed E-state index contributed by atoms with van der Waals surface area (Å²) in [6.45, 7) is 0.639. The highest BCUT2D eigenvalue weighted by molar-refractivity contribution is 7.89. The number of piperidine rings is 1. The molecule has 0 spiro atoms. The summed E-state index contributed by atoms with van der Waals surface area (Å²) < 4.78 is 33.6. The lowest BCUT2D eigenvalue weighted by molar-refractivity contribution is 0.251. The van der Waals surface area contributed by atoms with Crippen LogP contribution in [-0.4, -0.2) is 47.9 Å².